The molecule has 0 bridgehead atoms. The molecule has 6 heteroatoms. The molecule has 6 nitrogen and oxygen atoms in total. The summed E-state index contributed by atoms with van der Waals surface area (Å²) in [6.45, 7) is 6.16. The van der Waals surface area contributed by atoms with Crippen molar-refractivity contribution in [2.45, 2.75) is 26.8 Å². The Balaban J connectivity index is 2.57. The highest BCUT2D eigenvalue weighted by Crippen LogP contribution is 2.09. The largest absolute Gasteiger partial charge is 0.466 e. The van der Waals surface area contributed by atoms with E-state index in [4.69, 9.17) is 0 Å². The van der Waals surface area contributed by atoms with Crippen molar-refractivity contribution in [2.24, 2.45) is 0 Å². The molecule has 1 aromatic heterocycles. The number of aromatic nitrogens is 2. The monoisotopic (exact) mass is 265 g/mol. The molecule has 0 saturated carbocycles. The van der Waals surface area contributed by atoms with Gasteiger partial charge < -0.3 is 10.1 Å². The third-order valence-electron chi connectivity index (χ3n) is 2.48. The molecule has 0 aliphatic carbocycles. The zero-order valence-corrected chi connectivity index (χ0v) is 11.6. The minimum atomic E-state index is -0.450. The number of hydrogen-bond donors (Lipinski definition) is 1. The number of nitrogens with zero attached hydrogens (tertiary/aromatic N) is 2. The van der Waals surface area contributed by atoms with Crippen molar-refractivity contribution in [3.8, 4) is 0 Å². The molecule has 0 spiro atoms. The van der Waals surface area contributed by atoms with Crippen molar-refractivity contribution in [3.05, 3.63) is 29.6 Å². The van der Waals surface area contributed by atoms with Gasteiger partial charge in [0.15, 0.2) is 0 Å². The lowest BCUT2D eigenvalue weighted by atomic mass is 10.3. The van der Waals surface area contributed by atoms with Gasteiger partial charge in [-0.3, -0.25) is 9.48 Å². The lowest BCUT2D eigenvalue weighted by molar-refractivity contribution is -0.134. The zero-order valence-electron chi connectivity index (χ0n) is 11.6. The number of amides is 1. The number of esters is 1. The maximum atomic E-state index is 11.8. The van der Waals surface area contributed by atoms with E-state index in [9.17, 15) is 9.59 Å². The molecule has 1 heterocycles. The van der Waals surface area contributed by atoms with E-state index in [1.54, 1.807) is 10.7 Å². The highest BCUT2D eigenvalue weighted by molar-refractivity contribution is 5.92. The van der Waals surface area contributed by atoms with Gasteiger partial charge in [-0.05, 0) is 26.8 Å². The van der Waals surface area contributed by atoms with E-state index in [1.807, 2.05) is 20.8 Å². The Bertz CT molecular complexity index is 489. The number of aryl methyl sites for hydroxylation is 1. The number of hydrogen-bond acceptors (Lipinski definition) is 4. The number of carbonyl (C=O) groups excluding carboxylic acids is 2. The summed E-state index contributed by atoms with van der Waals surface area (Å²) < 4.78 is 6.22. The van der Waals surface area contributed by atoms with Crippen LogP contribution in [-0.4, -0.2) is 35.3 Å². The molecule has 0 aromatic carbocycles. The first-order valence-electron chi connectivity index (χ1n) is 6.04. The van der Waals surface area contributed by atoms with Crippen LogP contribution >= 0.6 is 0 Å². The van der Waals surface area contributed by atoms with Gasteiger partial charge >= 0.3 is 5.97 Å². The van der Waals surface area contributed by atoms with E-state index in [0.717, 1.165) is 5.69 Å². The van der Waals surface area contributed by atoms with Crippen molar-refractivity contribution in [1.82, 2.24) is 15.1 Å². The molecule has 0 aliphatic heterocycles. The van der Waals surface area contributed by atoms with E-state index in [0.29, 0.717) is 5.69 Å². The predicted octanol–water partition coefficient (Wildman–Crippen LogP) is 1.23. The minimum absolute atomic E-state index is 0.209. The van der Waals surface area contributed by atoms with Crippen molar-refractivity contribution in [1.29, 1.82) is 0 Å². The predicted molar refractivity (Wildman–Crippen MR) is 70.8 cm³/mol. The second-order valence-corrected chi connectivity index (χ2v) is 4.34. The molecule has 0 unspecified atom stereocenters. The Morgan fingerprint density at radius 2 is 2.21 bits per heavy atom. The van der Waals surface area contributed by atoms with Gasteiger partial charge in [0.25, 0.3) is 5.91 Å². The van der Waals surface area contributed by atoms with E-state index in [-0.39, 0.29) is 18.5 Å². The Hall–Kier alpha value is -2.11. The van der Waals surface area contributed by atoms with Crippen molar-refractivity contribution >= 4 is 11.9 Å². The Kier molecular flexibility index (Phi) is 5.29. The molecule has 104 valence electrons. The summed E-state index contributed by atoms with van der Waals surface area (Å²) in [5.41, 5.74) is 1.31. The number of nitrogens with one attached hydrogen (secondary N) is 1. The number of carbonyl (C=O) groups is 2. The average Bonchev–Trinajstić information content (AvgIpc) is 2.76. The van der Waals surface area contributed by atoms with E-state index < -0.39 is 5.97 Å². The van der Waals surface area contributed by atoms with Crippen LogP contribution in [0.3, 0.4) is 0 Å². The van der Waals surface area contributed by atoms with E-state index >= 15 is 0 Å². The van der Waals surface area contributed by atoms with Crippen LogP contribution in [0.1, 0.15) is 36.1 Å². The van der Waals surface area contributed by atoms with Gasteiger partial charge in [0.1, 0.15) is 5.69 Å². The molecule has 1 aromatic rings. The third kappa shape index (κ3) is 4.24. The molecule has 0 radical (unpaired) electrons. The standard InChI is InChI=1S/C13H19N3O3/c1-9(2)16-10(3)8-11(15-16)13(18)14-7-5-6-12(17)19-4/h5-6,8-9H,7H2,1-4H3,(H,14,18)/b6-5+. The Labute approximate surface area is 112 Å². The summed E-state index contributed by atoms with van der Waals surface area (Å²) in [6.07, 6.45) is 2.79. The van der Waals surface area contributed by atoms with Crippen LogP contribution in [0.15, 0.2) is 18.2 Å². The fraction of sp³-hybridized carbons (Fsp3) is 0.462. The summed E-state index contributed by atoms with van der Waals surface area (Å²) in [5.74, 6) is -0.716. The summed E-state index contributed by atoms with van der Waals surface area (Å²) >= 11 is 0. The molecule has 0 saturated heterocycles. The van der Waals surface area contributed by atoms with Gasteiger partial charge in [-0.2, -0.15) is 5.10 Å². The summed E-state index contributed by atoms with van der Waals surface area (Å²) in [5, 5.41) is 6.88. The Morgan fingerprint density at radius 3 is 2.74 bits per heavy atom. The van der Waals surface area contributed by atoms with Crippen LogP contribution in [0.2, 0.25) is 0 Å². The Morgan fingerprint density at radius 1 is 1.53 bits per heavy atom. The maximum absolute atomic E-state index is 11.8. The first-order valence-corrected chi connectivity index (χ1v) is 6.04. The van der Waals surface area contributed by atoms with Crippen molar-refractivity contribution < 1.29 is 14.3 Å². The average molecular weight is 265 g/mol. The number of ether oxygens (including phenoxy) is 1. The zero-order chi connectivity index (χ0) is 14.4. The summed E-state index contributed by atoms with van der Waals surface area (Å²) in [7, 11) is 1.30. The topological polar surface area (TPSA) is 73.2 Å². The second-order valence-electron chi connectivity index (χ2n) is 4.34. The molecular weight excluding hydrogens is 246 g/mol. The summed E-state index contributed by atoms with van der Waals surface area (Å²) in [6, 6.07) is 1.94. The molecule has 1 N–H and O–H groups in total. The summed E-state index contributed by atoms with van der Waals surface area (Å²) in [4.78, 5) is 22.6. The van der Waals surface area contributed by atoms with Crippen LogP contribution in [0, 0.1) is 6.92 Å². The third-order valence-corrected chi connectivity index (χ3v) is 2.48. The highest BCUT2D eigenvalue weighted by atomic mass is 16.5. The SMILES string of the molecule is COC(=O)/C=C/CNC(=O)c1cc(C)n(C(C)C)n1. The van der Waals surface area contributed by atoms with E-state index in [2.05, 4.69) is 15.2 Å². The van der Waals surface area contributed by atoms with Gasteiger partial charge in [0.2, 0.25) is 0 Å². The van der Waals surface area contributed by atoms with E-state index in [1.165, 1.54) is 19.3 Å². The normalized spacial score (nSPS) is 11.0. The van der Waals surface area contributed by atoms with Crippen LogP contribution in [0.5, 0.6) is 0 Å². The van der Waals surface area contributed by atoms with Gasteiger partial charge in [0, 0.05) is 24.4 Å². The smallest absolute Gasteiger partial charge is 0.330 e. The fourth-order valence-corrected chi connectivity index (χ4v) is 1.59. The van der Waals surface area contributed by atoms with Crippen molar-refractivity contribution in [2.75, 3.05) is 13.7 Å². The highest BCUT2D eigenvalue weighted by Gasteiger charge is 2.12. The first-order chi connectivity index (χ1) is 8.95. The lowest BCUT2D eigenvalue weighted by Crippen LogP contribution is -2.24. The minimum Gasteiger partial charge on any atom is -0.466 e. The van der Waals surface area contributed by atoms with Gasteiger partial charge in [-0.15, -0.1) is 0 Å². The van der Waals surface area contributed by atoms with Crippen LogP contribution in [0.4, 0.5) is 0 Å². The quantitative estimate of drug-likeness (QED) is 0.642. The molecule has 0 aliphatic rings. The number of rotatable bonds is 5. The van der Waals surface area contributed by atoms with Crippen molar-refractivity contribution in [3.63, 3.8) is 0 Å². The first kappa shape index (κ1) is 14.9. The fourth-order valence-electron chi connectivity index (χ4n) is 1.59. The molecule has 1 rings (SSSR count). The molecule has 0 atom stereocenters. The second kappa shape index (κ2) is 6.72. The number of methoxy groups -OCH3 is 1. The van der Waals surface area contributed by atoms with Gasteiger partial charge in [0.05, 0.1) is 7.11 Å². The molecule has 1 amide bonds. The van der Waals surface area contributed by atoms with Crippen LogP contribution < -0.4 is 5.32 Å². The van der Waals surface area contributed by atoms with Crippen LogP contribution in [-0.2, 0) is 9.53 Å². The van der Waals surface area contributed by atoms with Crippen LogP contribution in [0.25, 0.3) is 0 Å². The van der Waals surface area contributed by atoms with Gasteiger partial charge in [-0.25, -0.2) is 4.79 Å². The molecule has 0 fully saturated rings. The molecular formula is C13H19N3O3. The lowest BCUT2D eigenvalue weighted by Gasteiger charge is -2.06. The maximum Gasteiger partial charge on any atom is 0.330 e. The van der Waals surface area contributed by atoms with Gasteiger partial charge in [-0.1, -0.05) is 6.08 Å². The molecule has 19 heavy (non-hydrogen) atoms.